The van der Waals surface area contributed by atoms with Crippen molar-refractivity contribution in [1.82, 2.24) is 9.97 Å². The van der Waals surface area contributed by atoms with Crippen LogP contribution in [0.2, 0.25) is 0 Å². The summed E-state index contributed by atoms with van der Waals surface area (Å²) < 4.78 is 10.4. The predicted molar refractivity (Wildman–Crippen MR) is 100 cm³/mol. The van der Waals surface area contributed by atoms with E-state index in [9.17, 15) is 4.79 Å². The van der Waals surface area contributed by atoms with Gasteiger partial charge in [0, 0.05) is 23.3 Å². The third kappa shape index (κ3) is 3.06. The molecule has 0 aliphatic rings. The van der Waals surface area contributed by atoms with Crippen LogP contribution in [0.4, 0.5) is 5.82 Å². The van der Waals surface area contributed by atoms with Gasteiger partial charge in [0.25, 0.3) is 0 Å². The van der Waals surface area contributed by atoms with Crippen molar-refractivity contribution in [2.24, 2.45) is 0 Å². The van der Waals surface area contributed by atoms with Gasteiger partial charge in [-0.05, 0) is 29.1 Å². The fraction of sp³-hybridized carbons (Fsp3) is 0.118. The van der Waals surface area contributed by atoms with Gasteiger partial charge in [-0.1, -0.05) is 11.8 Å². The molecular weight excluding hydrogens is 358 g/mol. The van der Waals surface area contributed by atoms with E-state index in [1.165, 1.54) is 29.2 Å². The molecule has 126 valence electrons. The number of thioether (sulfide) groups is 1. The van der Waals surface area contributed by atoms with E-state index in [1.807, 2.05) is 23.6 Å². The van der Waals surface area contributed by atoms with Gasteiger partial charge in [-0.2, -0.15) is 0 Å². The van der Waals surface area contributed by atoms with Crippen LogP contribution in [-0.4, -0.2) is 17.1 Å². The van der Waals surface area contributed by atoms with Crippen LogP contribution >= 0.6 is 23.1 Å². The number of aromatic nitrogens is 2. The van der Waals surface area contributed by atoms with E-state index in [4.69, 9.17) is 14.9 Å². The van der Waals surface area contributed by atoms with Crippen molar-refractivity contribution in [2.45, 2.75) is 10.9 Å². The number of rotatable bonds is 4. The first-order valence-electron chi connectivity index (χ1n) is 7.38. The quantitative estimate of drug-likeness (QED) is 0.332. The second-order valence-electron chi connectivity index (χ2n) is 5.27. The average molecular weight is 371 g/mol. The topological polar surface area (TPSA) is 91.2 Å². The van der Waals surface area contributed by atoms with Crippen molar-refractivity contribution in [2.75, 3.05) is 12.8 Å². The van der Waals surface area contributed by atoms with Gasteiger partial charge < -0.3 is 14.9 Å². The van der Waals surface area contributed by atoms with E-state index in [-0.39, 0.29) is 0 Å². The Balaban J connectivity index is 1.68. The standard InChI is InChI=1S/C17H13N3O3S2/c1-22-10-2-3-11-9(6-14(21)23-13(11)7-10)8-25-17-19-15(18)12-4-5-24-16(12)20-17/h2-7H,8H2,1H3,(H2,18,19,20). The molecule has 0 atom stereocenters. The molecule has 0 radical (unpaired) electrons. The maximum atomic E-state index is 11.8. The lowest BCUT2D eigenvalue weighted by atomic mass is 10.1. The first kappa shape index (κ1) is 15.9. The largest absolute Gasteiger partial charge is 0.497 e. The molecule has 3 heterocycles. The van der Waals surface area contributed by atoms with Crippen molar-refractivity contribution in [3.05, 3.63) is 51.7 Å². The van der Waals surface area contributed by atoms with Crippen molar-refractivity contribution in [3.8, 4) is 5.75 Å². The van der Waals surface area contributed by atoms with Crippen molar-refractivity contribution < 1.29 is 9.15 Å². The monoisotopic (exact) mass is 371 g/mol. The number of fused-ring (bicyclic) bond motifs is 2. The SMILES string of the molecule is COc1ccc2c(CSc3nc(N)c4ccsc4n3)cc(=O)oc2c1. The second kappa shape index (κ2) is 6.38. The zero-order chi connectivity index (χ0) is 17.4. The van der Waals surface area contributed by atoms with Crippen molar-refractivity contribution in [3.63, 3.8) is 0 Å². The third-order valence-corrected chi connectivity index (χ3v) is 5.43. The Morgan fingerprint density at radius 2 is 2.12 bits per heavy atom. The molecule has 2 N–H and O–H groups in total. The first-order chi connectivity index (χ1) is 12.1. The molecule has 25 heavy (non-hydrogen) atoms. The lowest BCUT2D eigenvalue weighted by Crippen LogP contribution is -2.01. The molecule has 0 saturated heterocycles. The Kier molecular flexibility index (Phi) is 4.06. The zero-order valence-electron chi connectivity index (χ0n) is 13.2. The smallest absolute Gasteiger partial charge is 0.336 e. The van der Waals surface area contributed by atoms with E-state index in [1.54, 1.807) is 13.2 Å². The number of anilines is 1. The van der Waals surface area contributed by atoms with E-state index < -0.39 is 5.63 Å². The molecule has 0 amide bonds. The highest BCUT2D eigenvalue weighted by Crippen LogP contribution is 2.30. The van der Waals surface area contributed by atoms with Crippen LogP contribution in [0.1, 0.15) is 5.56 Å². The van der Waals surface area contributed by atoms with Gasteiger partial charge in [-0.3, -0.25) is 0 Å². The molecule has 0 saturated carbocycles. The fourth-order valence-electron chi connectivity index (χ4n) is 2.52. The summed E-state index contributed by atoms with van der Waals surface area (Å²) in [6, 6.07) is 8.83. The van der Waals surface area contributed by atoms with Gasteiger partial charge in [-0.25, -0.2) is 14.8 Å². The molecule has 0 bridgehead atoms. The number of nitrogens with two attached hydrogens (primary N) is 1. The summed E-state index contributed by atoms with van der Waals surface area (Å²) in [5.74, 6) is 1.64. The van der Waals surface area contributed by atoms with E-state index >= 15 is 0 Å². The molecule has 0 aliphatic carbocycles. The van der Waals surface area contributed by atoms with E-state index in [0.717, 1.165) is 21.2 Å². The number of methoxy groups -OCH3 is 1. The molecule has 0 aliphatic heterocycles. The third-order valence-electron chi connectivity index (χ3n) is 3.73. The summed E-state index contributed by atoms with van der Waals surface area (Å²) in [6.45, 7) is 0. The number of nitrogens with zero attached hydrogens (tertiary/aromatic N) is 2. The summed E-state index contributed by atoms with van der Waals surface area (Å²) in [4.78, 5) is 21.5. The van der Waals surface area contributed by atoms with Gasteiger partial charge in [0.1, 0.15) is 22.0 Å². The molecule has 6 nitrogen and oxygen atoms in total. The lowest BCUT2D eigenvalue weighted by Gasteiger charge is -2.07. The second-order valence-corrected chi connectivity index (χ2v) is 7.11. The predicted octanol–water partition coefficient (Wildman–Crippen LogP) is 3.68. The molecule has 4 rings (SSSR count). The van der Waals surface area contributed by atoms with Crippen LogP contribution in [0.25, 0.3) is 21.2 Å². The normalized spacial score (nSPS) is 11.2. The summed E-state index contributed by atoms with van der Waals surface area (Å²) in [5.41, 5.74) is 6.93. The molecule has 8 heteroatoms. The molecule has 1 aromatic carbocycles. The Hall–Kier alpha value is -2.58. The number of hydrogen-bond acceptors (Lipinski definition) is 8. The molecule has 0 unspecified atom stereocenters. The number of nitrogen functional groups attached to an aromatic ring is 1. The van der Waals surface area contributed by atoms with Gasteiger partial charge in [-0.15, -0.1) is 11.3 Å². The van der Waals surface area contributed by atoms with Gasteiger partial charge in [0.15, 0.2) is 5.16 Å². The molecular formula is C17H13N3O3S2. The lowest BCUT2D eigenvalue weighted by molar-refractivity contribution is 0.414. The number of hydrogen-bond donors (Lipinski definition) is 1. The number of benzene rings is 1. The Labute approximate surface area is 150 Å². The highest BCUT2D eigenvalue weighted by molar-refractivity contribution is 7.98. The van der Waals surface area contributed by atoms with Crippen molar-refractivity contribution >= 4 is 50.1 Å². The summed E-state index contributed by atoms with van der Waals surface area (Å²) in [5, 5.41) is 4.25. The highest BCUT2D eigenvalue weighted by Gasteiger charge is 2.11. The maximum absolute atomic E-state index is 11.8. The van der Waals surface area contributed by atoms with Gasteiger partial charge in [0.2, 0.25) is 0 Å². The van der Waals surface area contributed by atoms with E-state index in [2.05, 4.69) is 9.97 Å². The summed E-state index contributed by atoms with van der Waals surface area (Å²) >= 11 is 2.96. The Morgan fingerprint density at radius 3 is 2.96 bits per heavy atom. The average Bonchev–Trinajstić information content (AvgIpc) is 3.08. The fourth-order valence-corrected chi connectivity index (χ4v) is 4.19. The van der Waals surface area contributed by atoms with Crippen LogP contribution < -0.4 is 16.1 Å². The molecule has 0 spiro atoms. The summed E-state index contributed by atoms with van der Waals surface area (Å²) in [6.07, 6.45) is 0. The minimum atomic E-state index is -0.398. The molecule has 4 aromatic rings. The minimum absolute atomic E-state index is 0.398. The van der Waals surface area contributed by atoms with Crippen LogP contribution in [0, 0.1) is 0 Å². The van der Waals surface area contributed by atoms with Crippen molar-refractivity contribution in [1.29, 1.82) is 0 Å². The van der Waals surface area contributed by atoms with Crippen LogP contribution in [0.15, 0.2) is 50.1 Å². The van der Waals surface area contributed by atoms with Crippen LogP contribution in [0.5, 0.6) is 5.75 Å². The van der Waals surface area contributed by atoms with Crippen LogP contribution in [-0.2, 0) is 5.75 Å². The van der Waals surface area contributed by atoms with Gasteiger partial charge in [0.05, 0.1) is 12.5 Å². The van der Waals surface area contributed by atoms with Crippen LogP contribution in [0.3, 0.4) is 0 Å². The molecule has 0 fully saturated rings. The minimum Gasteiger partial charge on any atom is -0.497 e. The maximum Gasteiger partial charge on any atom is 0.336 e. The number of thiophene rings is 1. The zero-order valence-corrected chi connectivity index (χ0v) is 14.8. The number of ether oxygens (including phenoxy) is 1. The Bertz CT molecular complexity index is 1140. The molecule has 3 aromatic heterocycles. The Morgan fingerprint density at radius 1 is 1.24 bits per heavy atom. The summed E-state index contributed by atoms with van der Waals surface area (Å²) in [7, 11) is 1.57. The highest BCUT2D eigenvalue weighted by atomic mass is 32.2. The first-order valence-corrected chi connectivity index (χ1v) is 9.25. The van der Waals surface area contributed by atoms with Gasteiger partial charge >= 0.3 is 5.63 Å². The van der Waals surface area contributed by atoms with E-state index in [0.29, 0.717) is 28.1 Å².